The van der Waals surface area contributed by atoms with Gasteiger partial charge in [-0.1, -0.05) is 49.2 Å². The molecule has 23 heavy (non-hydrogen) atoms. The Morgan fingerprint density at radius 3 is 2.61 bits per heavy atom. The molecule has 122 valence electrons. The van der Waals surface area contributed by atoms with Crippen LogP contribution in [0.15, 0.2) is 24.3 Å². The Hall–Kier alpha value is -1.83. The first-order valence-electron chi connectivity index (χ1n) is 9.00. The Bertz CT molecular complexity index is 778. The molecule has 3 rings (SSSR count). The van der Waals surface area contributed by atoms with Gasteiger partial charge in [-0.05, 0) is 50.7 Å². The summed E-state index contributed by atoms with van der Waals surface area (Å²) >= 11 is 0. The lowest BCUT2D eigenvalue weighted by molar-refractivity contribution is 0.588. The maximum Gasteiger partial charge on any atom is 0.110 e. The van der Waals surface area contributed by atoms with Crippen molar-refractivity contribution in [2.45, 2.75) is 65.8 Å². The molecule has 1 aromatic carbocycles. The second-order valence-electron chi connectivity index (χ2n) is 6.78. The fraction of sp³-hybridized carbons (Fsp3) is 0.476. The van der Waals surface area contributed by atoms with E-state index in [-0.39, 0.29) is 0 Å². The first-order chi connectivity index (χ1) is 11.2. The average molecular weight is 308 g/mol. The molecule has 2 nitrogen and oxygen atoms in total. The molecule has 0 N–H and O–H groups in total. The minimum Gasteiger partial charge on any atom is -0.328 e. The van der Waals surface area contributed by atoms with Crippen LogP contribution in [-0.2, 0) is 19.4 Å². The van der Waals surface area contributed by atoms with Crippen molar-refractivity contribution in [3.05, 3.63) is 51.9 Å². The van der Waals surface area contributed by atoms with Crippen molar-refractivity contribution < 1.29 is 0 Å². The second kappa shape index (κ2) is 7.16. The molecular formula is C21H28N2. The van der Waals surface area contributed by atoms with Crippen molar-refractivity contribution in [1.82, 2.24) is 9.55 Å². The molecule has 1 aliphatic carbocycles. The van der Waals surface area contributed by atoms with Crippen LogP contribution in [0, 0.1) is 6.92 Å². The first-order valence-corrected chi connectivity index (χ1v) is 9.00. The highest BCUT2D eigenvalue weighted by Crippen LogP contribution is 2.10. The molecule has 0 bridgehead atoms. The summed E-state index contributed by atoms with van der Waals surface area (Å²) in [6, 6.07) is 8.90. The van der Waals surface area contributed by atoms with Gasteiger partial charge in [0.1, 0.15) is 5.82 Å². The van der Waals surface area contributed by atoms with Gasteiger partial charge in [-0.25, -0.2) is 4.98 Å². The molecule has 1 aliphatic rings. The van der Waals surface area contributed by atoms with E-state index in [0.29, 0.717) is 0 Å². The van der Waals surface area contributed by atoms with E-state index in [2.05, 4.69) is 55.7 Å². The summed E-state index contributed by atoms with van der Waals surface area (Å²) in [4.78, 5) is 5.01. The zero-order chi connectivity index (χ0) is 16.2. The molecule has 0 fully saturated rings. The molecule has 0 radical (unpaired) electrons. The molecule has 0 unspecified atom stereocenters. The minimum absolute atomic E-state index is 1.03. The molecule has 2 heteroatoms. The number of fused-ring (bicyclic) bond motifs is 1. The van der Waals surface area contributed by atoms with Crippen LogP contribution in [0.3, 0.4) is 0 Å². The lowest BCUT2D eigenvalue weighted by Gasteiger charge is -2.09. The Kier molecular flexibility index (Phi) is 5.00. The van der Waals surface area contributed by atoms with Crippen LogP contribution < -0.4 is 10.7 Å². The third-order valence-electron chi connectivity index (χ3n) is 4.84. The summed E-state index contributed by atoms with van der Waals surface area (Å²) < 4.78 is 2.48. The Morgan fingerprint density at radius 1 is 1.09 bits per heavy atom. The number of hydrogen-bond acceptors (Lipinski definition) is 1. The maximum atomic E-state index is 5.01. The molecule has 2 aromatic rings. The number of benzene rings is 1. The summed E-state index contributed by atoms with van der Waals surface area (Å²) in [6.45, 7) is 7.75. The van der Waals surface area contributed by atoms with Gasteiger partial charge in [0.2, 0.25) is 0 Å². The second-order valence-corrected chi connectivity index (χ2v) is 6.78. The predicted octanol–water partition coefficient (Wildman–Crippen LogP) is 3.52. The van der Waals surface area contributed by atoms with E-state index in [1.807, 2.05) is 0 Å². The van der Waals surface area contributed by atoms with E-state index in [1.165, 1.54) is 46.1 Å². The topological polar surface area (TPSA) is 17.8 Å². The third-order valence-corrected chi connectivity index (χ3v) is 4.84. The van der Waals surface area contributed by atoms with Crippen molar-refractivity contribution in [3.63, 3.8) is 0 Å². The summed E-state index contributed by atoms with van der Waals surface area (Å²) in [6.07, 6.45) is 9.27. The van der Waals surface area contributed by atoms with Crippen molar-refractivity contribution in [2.24, 2.45) is 0 Å². The maximum absolute atomic E-state index is 5.01. The van der Waals surface area contributed by atoms with Crippen molar-refractivity contribution in [2.75, 3.05) is 0 Å². The fourth-order valence-corrected chi connectivity index (χ4v) is 3.35. The van der Waals surface area contributed by atoms with Gasteiger partial charge in [-0.3, -0.25) is 0 Å². The van der Waals surface area contributed by atoms with Crippen molar-refractivity contribution >= 4 is 11.6 Å². The number of aromatic nitrogens is 2. The zero-order valence-electron chi connectivity index (χ0n) is 14.7. The average Bonchev–Trinajstić information content (AvgIpc) is 2.91. The van der Waals surface area contributed by atoms with Crippen LogP contribution in [0.4, 0.5) is 0 Å². The quantitative estimate of drug-likeness (QED) is 0.798. The largest absolute Gasteiger partial charge is 0.328 e. The highest BCUT2D eigenvalue weighted by atomic mass is 15.1. The lowest BCUT2D eigenvalue weighted by Crippen LogP contribution is -2.33. The molecular weight excluding hydrogens is 280 g/mol. The predicted molar refractivity (Wildman–Crippen MR) is 97.8 cm³/mol. The molecule has 0 amide bonds. The third kappa shape index (κ3) is 3.57. The van der Waals surface area contributed by atoms with Gasteiger partial charge >= 0.3 is 0 Å². The Labute approximate surface area is 139 Å². The standard InChI is InChI=1S/C21H28N2/c1-4-5-15-23-19-8-6-7-17(3)21(19)22-20(23)14-13-18-11-9-16(2)10-12-18/h8-12H,4-7,13-15H2,1-3H3. The van der Waals surface area contributed by atoms with Crippen LogP contribution in [0.25, 0.3) is 11.6 Å². The van der Waals surface area contributed by atoms with Crippen LogP contribution in [0.5, 0.6) is 0 Å². The minimum atomic E-state index is 1.03. The van der Waals surface area contributed by atoms with E-state index in [1.54, 1.807) is 0 Å². The number of rotatable bonds is 6. The molecule has 1 aromatic heterocycles. The van der Waals surface area contributed by atoms with Gasteiger partial charge in [-0.15, -0.1) is 0 Å². The summed E-state index contributed by atoms with van der Waals surface area (Å²) in [5, 5.41) is 2.63. The summed E-state index contributed by atoms with van der Waals surface area (Å²) in [7, 11) is 0. The summed E-state index contributed by atoms with van der Waals surface area (Å²) in [5.41, 5.74) is 4.19. The van der Waals surface area contributed by atoms with Crippen LogP contribution in [0.2, 0.25) is 0 Å². The van der Waals surface area contributed by atoms with E-state index < -0.39 is 0 Å². The number of imidazole rings is 1. The number of nitrogens with zero attached hydrogens (tertiary/aromatic N) is 2. The SMILES string of the molecule is CCCCn1c(CCc2ccc(C)cc2)nc2c1=CCCC=2C. The van der Waals surface area contributed by atoms with E-state index in [0.717, 1.165) is 32.2 Å². The molecule has 0 saturated heterocycles. The lowest BCUT2D eigenvalue weighted by atomic mass is 10.1. The fourth-order valence-electron chi connectivity index (χ4n) is 3.35. The molecule has 0 atom stereocenters. The number of hydrogen-bond donors (Lipinski definition) is 0. The molecule has 0 spiro atoms. The molecule has 0 aliphatic heterocycles. The normalized spacial score (nSPS) is 13.8. The number of unbranched alkanes of at least 4 members (excludes halogenated alkanes) is 1. The van der Waals surface area contributed by atoms with Gasteiger partial charge in [0, 0.05) is 13.0 Å². The van der Waals surface area contributed by atoms with Crippen LogP contribution >= 0.6 is 0 Å². The van der Waals surface area contributed by atoms with Crippen molar-refractivity contribution in [1.29, 1.82) is 0 Å². The Balaban J connectivity index is 1.89. The van der Waals surface area contributed by atoms with Crippen LogP contribution in [0.1, 0.15) is 56.5 Å². The first kappa shape index (κ1) is 16.0. The van der Waals surface area contributed by atoms with Gasteiger partial charge in [0.25, 0.3) is 0 Å². The smallest absolute Gasteiger partial charge is 0.110 e. The van der Waals surface area contributed by atoms with E-state index in [9.17, 15) is 0 Å². The van der Waals surface area contributed by atoms with Gasteiger partial charge in [0.05, 0.1) is 10.7 Å². The van der Waals surface area contributed by atoms with E-state index >= 15 is 0 Å². The highest BCUT2D eigenvalue weighted by molar-refractivity contribution is 5.46. The van der Waals surface area contributed by atoms with Crippen molar-refractivity contribution in [3.8, 4) is 0 Å². The summed E-state index contributed by atoms with van der Waals surface area (Å²) in [5.74, 6) is 1.27. The zero-order valence-corrected chi connectivity index (χ0v) is 14.7. The van der Waals surface area contributed by atoms with Gasteiger partial charge in [0.15, 0.2) is 0 Å². The van der Waals surface area contributed by atoms with E-state index in [4.69, 9.17) is 4.98 Å². The highest BCUT2D eigenvalue weighted by Gasteiger charge is 2.12. The molecule has 1 heterocycles. The monoisotopic (exact) mass is 308 g/mol. The Morgan fingerprint density at radius 2 is 1.87 bits per heavy atom. The van der Waals surface area contributed by atoms with Crippen LogP contribution in [-0.4, -0.2) is 9.55 Å². The van der Waals surface area contributed by atoms with Gasteiger partial charge in [-0.2, -0.15) is 0 Å². The number of aryl methyl sites for hydroxylation is 3. The molecule has 0 saturated carbocycles. The van der Waals surface area contributed by atoms with Gasteiger partial charge < -0.3 is 4.57 Å².